The van der Waals surface area contributed by atoms with Crippen LogP contribution in [0.5, 0.6) is 0 Å². The van der Waals surface area contributed by atoms with Crippen LogP contribution in [-0.4, -0.2) is 77.4 Å². The maximum Gasteiger partial charge on any atom is 0.326 e. The molecule has 0 radical (unpaired) electrons. The molecular weight excluding hydrogens is 512 g/mol. The van der Waals surface area contributed by atoms with Gasteiger partial charge in [0.2, 0.25) is 23.6 Å². The molecule has 4 atom stereocenters. The summed E-state index contributed by atoms with van der Waals surface area (Å²) in [5, 5.41) is 17.3. The molecule has 4 amide bonds. The van der Waals surface area contributed by atoms with Gasteiger partial charge in [0.25, 0.3) is 0 Å². The monoisotopic (exact) mass is 552 g/mol. The number of amides is 4. The van der Waals surface area contributed by atoms with Gasteiger partial charge in [0.15, 0.2) is 0 Å². The number of nitrogens with two attached hydrogens (primary N) is 3. The van der Waals surface area contributed by atoms with Gasteiger partial charge in [-0.3, -0.25) is 19.2 Å². The van der Waals surface area contributed by atoms with E-state index < -0.39 is 53.8 Å². The third-order valence-electron chi connectivity index (χ3n) is 5.76. The Morgan fingerprint density at radius 2 is 1.45 bits per heavy atom. The van der Waals surface area contributed by atoms with Crippen LogP contribution in [-0.2, 0) is 30.4 Å². The lowest BCUT2D eigenvalue weighted by Gasteiger charge is -2.25. The second-order valence-electron chi connectivity index (χ2n) is 8.89. The van der Waals surface area contributed by atoms with Crippen molar-refractivity contribution < 1.29 is 29.1 Å². The molecule has 38 heavy (non-hydrogen) atoms. The average molecular weight is 553 g/mol. The third-order valence-corrected chi connectivity index (χ3v) is 6.40. The first-order chi connectivity index (χ1) is 18.1. The van der Waals surface area contributed by atoms with E-state index in [1.54, 1.807) is 30.3 Å². The van der Waals surface area contributed by atoms with E-state index in [9.17, 15) is 29.1 Å². The van der Waals surface area contributed by atoms with Crippen LogP contribution in [0.25, 0.3) is 0 Å². The number of aliphatic carboxylic acids is 1. The fraction of sp³-hybridized carbons (Fsp3) is 0.560. The number of thioether (sulfide) groups is 1. The lowest BCUT2D eigenvalue weighted by atomic mass is 10.0. The summed E-state index contributed by atoms with van der Waals surface area (Å²) in [7, 11) is 0. The van der Waals surface area contributed by atoms with E-state index in [1.165, 1.54) is 11.8 Å². The molecular formula is C25H40N6O6S. The Kier molecular flexibility index (Phi) is 15.7. The van der Waals surface area contributed by atoms with Crippen LogP contribution >= 0.6 is 11.8 Å². The number of rotatable bonds is 19. The zero-order valence-electron chi connectivity index (χ0n) is 21.7. The minimum absolute atomic E-state index is 0.0180. The first kappa shape index (κ1) is 32.9. The number of hydrogen-bond acceptors (Lipinski definition) is 8. The van der Waals surface area contributed by atoms with Crippen molar-refractivity contribution in [2.45, 2.75) is 69.1 Å². The Hall–Kier alpha value is -3.16. The Balaban J connectivity index is 3.01. The molecule has 13 heteroatoms. The van der Waals surface area contributed by atoms with E-state index in [4.69, 9.17) is 17.2 Å². The molecule has 0 aliphatic carbocycles. The third kappa shape index (κ3) is 12.9. The standard InChI is InChI=1S/C25H40N6O6S/c1-38-14-12-17(27)22(33)29-18(9-5-6-13-26)23(34)30-19(10-11-21(28)32)24(35)31-20(25(36)37)15-16-7-3-2-4-8-16/h2-4,7-8,17-20H,5-6,9-15,26-27H2,1H3,(H2,28,32)(H,29,33)(H,30,34)(H,31,35)(H,36,37). The second kappa shape index (κ2) is 18.2. The van der Waals surface area contributed by atoms with Gasteiger partial charge in [0, 0.05) is 12.8 Å². The quantitative estimate of drug-likeness (QED) is 0.107. The zero-order valence-corrected chi connectivity index (χ0v) is 22.5. The highest BCUT2D eigenvalue weighted by molar-refractivity contribution is 7.98. The van der Waals surface area contributed by atoms with E-state index >= 15 is 0 Å². The number of hydrogen-bond donors (Lipinski definition) is 7. The molecule has 0 aliphatic rings. The molecule has 4 unspecified atom stereocenters. The molecule has 1 aromatic carbocycles. The normalized spacial score (nSPS) is 14.0. The summed E-state index contributed by atoms with van der Waals surface area (Å²) in [6.45, 7) is 0.400. The molecule has 0 aromatic heterocycles. The molecule has 12 nitrogen and oxygen atoms in total. The molecule has 0 fully saturated rings. The number of primary amides is 1. The number of carbonyl (C=O) groups is 5. The topological polar surface area (TPSA) is 220 Å². The van der Waals surface area contributed by atoms with Gasteiger partial charge in [0.1, 0.15) is 18.1 Å². The molecule has 1 aromatic rings. The number of benzene rings is 1. The maximum absolute atomic E-state index is 13.2. The smallest absolute Gasteiger partial charge is 0.326 e. The van der Waals surface area contributed by atoms with E-state index in [1.807, 2.05) is 6.26 Å². The van der Waals surface area contributed by atoms with Crippen molar-refractivity contribution in [2.24, 2.45) is 17.2 Å². The predicted molar refractivity (Wildman–Crippen MR) is 146 cm³/mol. The summed E-state index contributed by atoms with van der Waals surface area (Å²) in [6, 6.07) is 4.40. The van der Waals surface area contributed by atoms with Crippen LogP contribution in [0.15, 0.2) is 30.3 Å². The van der Waals surface area contributed by atoms with Crippen LogP contribution in [0.2, 0.25) is 0 Å². The van der Waals surface area contributed by atoms with Crippen LogP contribution in [0.4, 0.5) is 0 Å². The highest BCUT2D eigenvalue weighted by Crippen LogP contribution is 2.08. The van der Waals surface area contributed by atoms with Gasteiger partial charge in [-0.1, -0.05) is 30.3 Å². The fourth-order valence-corrected chi connectivity index (χ4v) is 4.06. The van der Waals surface area contributed by atoms with Crippen LogP contribution < -0.4 is 33.2 Å². The number of nitrogens with one attached hydrogen (secondary N) is 3. The van der Waals surface area contributed by atoms with Gasteiger partial charge in [-0.2, -0.15) is 11.8 Å². The van der Waals surface area contributed by atoms with Gasteiger partial charge in [-0.15, -0.1) is 0 Å². The SMILES string of the molecule is CSCCC(N)C(=O)NC(CCCCN)C(=O)NC(CCC(N)=O)C(=O)NC(Cc1ccccc1)C(=O)O. The minimum Gasteiger partial charge on any atom is -0.480 e. The van der Waals surface area contributed by atoms with Crippen molar-refractivity contribution in [1.82, 2.24) is 16.0 Å². The Bertz CT molecular complexity index is 919. The summed E-state index contributed by atoms with van der Waals surface area (Å²) in [5.74, 6) is -3.23. The summed E-state index contributed by atoms with van der Waals surface area (Å²) in [5.41, 5.74) is 17.4. The second-order valence-corrected chi connectivity index (χ2v) is 9.87. The van der Waals surface area contributed by atoms with Crippen molar-refractivity contribution in [3.05, 3.63) is 35.9 Å². The van der Waals surface area contributed by atoms with E-state index in [-0.39, 0.29) is 25.7 Å². The Morgan fingerprint density at radius 1 is 0.868 bits per heavy atom. The highest BCUT2D eigenvalue weighted by atomic mass is 32.2. The lowest BCUT2D eigenvalue weighted by molar-refractivity contribution is -0.142. The lowest BCUT2D eigenvalue weighted by Crippen LogP contribution is -2.57. The van der Waals surface area contributed by atoms with E-state index in [2.05, 4.69) is 16.0 Å². The number of carboxylic acids is 1. The average Bonchev–Trinajstić information content (AvgIpc) is 2.88. The molecule has 1 rings (SSSR count). The van der Waals surface area contributed by atoms with Crippen LogP contribution in [0.1, 0.15) is 44.1 Å². The van der Waals surface area contributed by atoms with Crippen molar-refractivity contribution >= 4 is 41.4 Å². The zero-order chi connectivity index (χ0) is 28.5. The minimum atomic E-state index is -1.27. The van der Waals surface area contributed by atoms with Crippen LogP contribution in [0, 0.1) is 0 Å². The molecule has 0 spiro atoms. The number of carbonyl (C=O) groups excluding carboxylic acids is 4. The molecule has 0 bridgehead atoms. The van der Waals surface area contributed by atoms with Crippen LogP contribution in [0.3, 0.4) is 0 Å². The van der Waals surface area contributed by atoms with E-state index in [0.717, 1.165) is 0 Å². The Morgan fingerprint density at radius 3 is 2.00 bits per heavy atom. The number of carboxylic acid groups (broad SMARTS) is 1. The largest absolute Gasteiger partial charge is 0.480 e. The molecule has 10 N–H and O–H groups in total. The molecule has 0 aliphatic heterocycles. The maximum atomic E-state index is 13.2. The molecule has 0 saturated heterocycles. The van der Waals surface area contributed by atoms with E-state index in [0.29, 0.717) is 37.1 Å². The van der Waals surface area contributed by atoms with Gasteiger partial charge in [0.05, 0.1) is 6.04 Å². The predicted octanol–water partition coefficient (Wildman–Crippen LogP) is -0.757. The summed E-state index contributed by atoms with van der Waals surface area (Å²) in [6.07, 6.45) is 3.35. The Labute approximate surface area is 227 Å². The van der Waals surface area contributed by atoms with Gasteiger partial charge >= 0.3 is 5.97 Å². The first-order valence-electron chi connectivity index (χ1n) is 12.5. The first-order valence-corrected chi connectivity index (χ1v) is 13.9. The van der Waals surface area contributed by atoms with Crippen molar-refractivity contribution in [1.29, 1.82) is 0 Å². The fourth-order valence-electron chi connectivity index (χ4n) is 3.57. The van der Waals surface area contributed by atoms with Gasteiger partial charge < -0.3 is 38.3 Å². The molecule has 0 heterocycles. The van der Waals surface area contributed by atoms with Gasteiger partial charge in [-0.05, 0) is 56.2 Å². The summed E-state index contributed by atoms with van der Waals surface area (Å²) in [4.78, 5) is 62.0. The number of unbranched alkanes of at least 4 members (excludes halogenated alkanes) is 1. The summed E-state index contributed by atoms with van der Waals surface area (Å²) >= 11 is 1.54. The van der Waals surface area contributed by atoms with Gasteiger partial charge in [-0.25, -0.2) is 4.79 Å². The van der Waals surface area contributed by atoms with Crippen molar-refractivity contribution in [3.63, 3.8) is 0 Å². The molecule has 212 valence electrons. The molecule has 0 saturated carbocycles. The van der Waals surface area contributed by atoms with Crippen molar-refractivity contribution in [2.75, 3.05) is 18.6 Å². The van der Waals surface area contributed by atoms with Crippen molar-refractivity contribution in [3.8, 4) is 0 Å². The summed E-state index contributed by atoms with van der Waals surface area (Å²) < 4.78 is 0. The highest BCUT2D eigenvalue weighted by Gasteiger charge is 2.30.